The molecular formula is C80H65BN2. The van der Waals surface area contributed by atoms with Crippen LogP contribution in [0.15, 0.2) is 285 Å². The minimum atomic E-state index is -0.120. The van der Waals surface area contributed by atoms with Crippen LogP contribution >= 0.6 is 0 Å². The van der Waals surface area contributed by atoms with Gasteiger partial charge in [0.15, 0.2) is 0 Å². The van der Waals surface area contributed by atoms with Gasteiger partial charge in [-0.1, -0.05) is 266 Å². The number of rotatable bonds is 9. The van der Waals surface area contributed by atoms with Crippen LogP contribution in [0.4, 0.5) is 34.1 Å². The Bertz CT molecular complexity index is 3980. The Hall–Kier alpha value is -9.70. The molecule has 0 aromatic heterocycles. The van der Waals surface area contributed by atoms with Crippen LogP contribution in [0.2, 0.25) is 0 Å². The summed E-state index contributed by atoms with van der Waals surface area (Å²) in [6, 6.07) is 107. The lowest BCUT2D eigenvalue weighted by Crippen LogP contribution is -2.61. The summed E-state index contributed by atoms with van der Waals surface area (Å²) in [7, 11) is 0. The van der Waals surface area contributed by atoms with Gasteiger partial charge in [-0.15, -0.1) is 0 Å². The van der Waals surface area contributed by atoms with Crippen molar-refractivity contribution in [2.45, 2.75) is 52.4 Å². The maximum Gasteiger partial charge on any atom is 0.252 e. The highest BCUT2D eigenvalue weighted by Crippen LogP contribution is 2.51. The highest BCUT2D eigenvalue weighted by molar-refractivity contribution is 7.00. The summed E-state index contributed by atoms with van der Waals surface area (Å²) < 4.78 is 0. The molecular weight excluding hydrogens is 1000 g/mol. The third-order valence-electron chi connectivity index (χ3n) is 17.1. The third-order valence-corrected chi connectivity index (χ3v) is 17.1. The normalized spacial score (nSPS) is 12.6. The van der Waals surface area contributed by atoms with E-state index in [1.54, 1.807) is 0 Å². The van der Waals surface area contributed by atoms with E-state index in [0.29, 0.717) is 0 Å². The van der Waals surface area contributed by atoms with E-state index in [4.69, 9.17) is 0 Å². The first-order valence-electron chi connectivity index (χ1n) is 29.3. The smallest absolute Gasteiger partial charge is 0.252 e. The van der Waals surface area contributed by atoms with Crippen molar-refractivity contribution in [1.29, 1.82) is 0 Å². The van der Waals surface area contributed by atoms with Crippen molar-refractivity contribution in [3.63, 3.8) is 0 Å². The Labute approximate surface area is 490 Å². The Morgan fingerprint density at radius 1 is 0.253 bits per heavy atom. The molecule has 0 spiro atoms. The van der Waals surface area contributed by atoms with E-state index in [9.17, 15) is 0 Å². The van der Waals surface area contributed by atoms with Crippen molar-refractivity contribution >= 4 is 57.2 Å². The van der Waals surface area contributed by atoms with E-state index in [1.807, 2.05) is 0 Å². The highest BCUT2D eigenvalue weighted by Gasteiger charge is 2.45. The second-order valence-electron chi connectivity index (χ2n) is 24.5. The molecule has 0 bridgehead atoms. The number of benzene rings is 12. The molecule has 398 valence electrons. The van der Waals surface area contributed by atoms with E-state index >= 15 is 0 Å². The van der Waals surface area contributed by atoms with Gasteiger partial charge in [-0.3, -0.25) is 0 Å². The maximum absolute atomic E-state index is 2.62. The van der Waals surface area contributed by atoms with Crippen molar-refractivity contribution in [1.82, 2.24) is 0 Å². The summed E-state index contributed by atoms with van der Waals surface area (Å²) >= 11 is 0. The topological polar surface area (TPSA) is 6.48 Å². The molecule has 0 fully saturated rings. The molecule has 14 rings (SSSR count). The monoisotopic (exact) mass is 1060 g/mol. The first-order chi connectivity index (χ1) is 40.4. The summed E-state index contributed by atoms with van der Waals surface area (Å²) in [5, 5.41) is 0. The lowest BCUT2D eigenvalue weighted by atomic mass is 9.33. The standard InChI is InChI=1S/C80H65BN2/c1-79(2,3)65-40-42-73-71(52-65)81-72-53-66(80(4,5)6)41-43-74(72)83(68-48-62(56-30-17-9-18-31-56)45-63(49-68)57-32-19-10-20-33-57)76-51-64(77-69(58-34-21-11-22-35-58)38-25-39-70(77)59-36-23-12-24-37-59)50-75(78(76)81)82(73)67-46-60(54-26-13-7-14-27-54)44-61(47-67)55-28-15-8-16-29-55/h7-53H,1-6H3. The van der Waals surface area contributed by atoms with Gasteiger partial charge in [0.05, 0.1) is 0 Å². The number of nitrogens with zero attached hydrogens (tertiary/aromatic N) is 2. The molecule has 0 saturated heterocycles. The first kappa shape index (κ1) is 51.5. The zero-order valence-electron chi connectivity index (χ0n) is 48.1. The number of fused-ring (bicyclic) bond motifs is 4. The van der Waals surface area contributed by atoms with E-state index in [0.717, 1.165) is 50.6 Å². The fraction of sp³-hybridized carbons (Fsp3) is 0.100. The summed E-state index contributed by atoms with van der Waals surface area (Å²) in [4.78, 5) is 5.25. The Kier molecular flexibility index (Phi) is 12.8. The van der Waals surface area contributed by atoms with E-state index in [1.165, 1.54) is 89.0 Å². The van der Waals surface area contributed by atoms with Crippen LogP contribution in [0, 0.1) is 0 Å². The Morgan fingerprint density at radius 3 is 0.880 bits per heavy atom. The first-order valence-corrected chi connectivity index (χ1v) is 29.3. The molecule has 2 nitrogen and oxygen atoms in total. The van der Waals surface area contributed by atoms with Crippen LogP contribution < -0.4 is 26.2 Å². The van der Waals surface area contributed by atoms with Gasteiger partial charge in [0.1, 0.15) is 0 Å². The average Bonchev–Trinajstić information content (AvgIpc) is 3.67. The lowest BCUT2D eigenvalue weighted by Gasteiger charge is -2.45. The Morgan fingerprint density at radius 2 is 0.566 bits per heavy atom. The molecule has 0 radical (unpaired) electrons. The van der Waals surface area contributed by atoms with Crippen molar-refractivity contribution in [2.24, 2.45) is 0 Å². The fourth-order valence-electron chi connectivity index (χ4n) is 12.9. The molecule has 0 aliphatic carbocycles. The van der Waals surface area contributed by atoms with Gasteiger partial charge in [-0.2, -0.15) is 0 Å². The largest absolute Gasteiger partial charge is 0.311 e. The van der Waals surface area contributed by atoms with Gasteiger partial charge >= 0.3 is 0 Å². The van der Waals surface area contributed by atoms with Crippen molar-refractivity contribution in [3.05, 3.63) is 296 Å². The van der Waals surface area contributed by atoms with Gasteiger partial charge in [0.2, 0.25) is 0 Å². The fourth-order valence-corrected chi connectivity index (χ4v) is 12.9. The van der Waals surface area contributed by atoms with Gasteiger partial charge < -0.3 is 9.80 Å². The zero-order chi connectivity index (χ0) is 56.4. The molecule has 2 aliphatic heterocycles. The highest BCUT2D eigenvalue weighted by atomic mass is 15.2. The Balaban J connectivity index is 1.16. The number of hydrogen-bond donors (Lipinski definition) is 0. The van der Waals surface area contributed by atoms with Crippen LogP contribution in [0.5, 0.6) is 0 Å². The summed E-state index contributed by atoms with van der Waals surface area (Å²) in [5.41, 5.74) is 29.5. The summed E-state index contributed by atoms with van der Waals surface area (Å²) in [5.74, 6) is 0. The minimum absolute atomic E-state index is 0.113. The van der Waals surface area contributed by atoms with E-state index in [-0.39, 0.29) is 17.5 Å². The van der Waals surface area contributed by atoms with Crippen molar-refractivity contribution in [2.75, 3.05) is 9.80 Å². The second kappa shape index (κ2) is 20.7. The quantitative estimate of drug-likeness (QED) is 0.133. The predicted octanol–water partition coefficient (Wildman–Crippen LogP) is 20.0. The molecule has 0 N–H and O–H groups in total. The molecule has 2 heterocycles. The van der Waals surface area contributed by atoms with Crippen molar-refractivity contribution < 1.29 is 0 Å². The molecule has 83 heavy (non-hydrogen) atoms. The number of hydrogen-bond acceptors (Lipinski definition) is 2. The molecule has 12 aromatic rings. The molecule has 3 heteroatoms. The number of anilines is 6. The average molecular weight is 1070 g/mol. The van der Waals surface area contributed by atoms with E-state index in [2.05, 4.69) is 336 Å². The molecule has 0 atom stereocenters. The minimum Gasteiger partial charge on any atom is -0.311 e. The predicted molar refractivity (Wildman–Crippen MR) is 356 cm³/mol. The molecule has 0 unspecified atom stereocenters. The van der Waals surface area contributed by atoms with Crippen molar-refractivity contribution in [3.8, 4) is 77.9 Å². The molecule has 0 amide bonds. The van der Waals surface area contributed by atoms with Gasteiger partial charge in [0.25, 0.3) is 6.71 Å². The summed E-state index contributed by atoms with van der Waals surface area (Å²) in [6.07, 6.45) is 0. The second-order valence-corrected chi connectivity index (χ2v) is 24.5. The van der Waals surface area contributed by atoms with Crippen LogP contribution in [0.25, 0.3) is 77.9 Å². The van der Waals surface area contributed by atoms with E-state index < -0.39 is 0 Å². The molecule has 0 saturated carbocycles. The zero-order valence-corrected chi connectivity index (χ0v) is 48.1. The van der Waals surface area contributed by atoms with Crippen LogP contribution in [0.1, 0.15) is 52.7 Å². The van der Waals surface area contributed by atoms with Gasteiger partial charge in [0, 0.05) is 34.1 Å². The van der Waals surface area contributed by atoms with Crippen LogP contribution in [-0.4, -0.2) is 6.71 Å². The lowest BCUT2D eigenvalue weighted by molar-refractivity contribution is 0.590. The van der Waals surface area contributed by atoms with Gasteiger partial charge in [-0.25, -0.2) is 0 Å². The van der Waals surface area contributed by atoms with Gasteiger partial charge in [-0.05, 0) is 177 Å². The molecule has 12 aromatic carbocycles. The SMILES string of the molecule is CC(C)(C)c1ccc2c(c1)B1c3cc(C(C)(C)C)ccc3N(c3cc(-c4ccccc4)cc(-c4ccccc4)c3)c3cc(-c4c(-c5ccccc5)cccc4-c4ccccc4)cc(c31)N2c1cc(-c2ccccc2)cc(-c2ccccc2)c1. The van der Waals surface area contributed by atoms with Crippen LogP contribution in [0.3, 0.4) is 0 Å². The summed E-state index contributed by atoms with van der Waals surface area (Å²) in [6.45, 7) is 14.0. The maximum atomic E-state index is 2.62. The van der Waals surface area contributed by atoms with Crippen LogP contribution in [-0.2, 0) is 10.8 Å². The third kappa shape index (κ3) is 9.47. The molecule has 2 aliphatic rings.